The van der Waals surface area contributed by atoms with Crippen LogP contribution in [0.1, 0.15) is 23.0 Å². The summed E-state index contributed by atoms with van der Waals surface area (Å²) in [6, 6.07) is 13.4. The average Bonchev–Trinajstić information content (AvgIpc) is 3.18. The Labute approximate surface area is 153 Å². The molecule has 0 spiro atoms. The predicted octanol–water partition coefficient (Wildman–Crippen LogP) is 5.67. The fourth-order valence-electron chi connectivity index (χ4n) is 2.88. The van der Waals surface area contributed by atoms with Crippen LogP contribution in [0.4, 0.5) is 5.13 Å². The van der Waals surface area contributed by atoms with Crippen molar-refractivity contribution in [3.63, 3.8) is 0 Å². The van der Waals surface area contributed by atoms with E-state index in [0.29, 0.717) is 28.0 Å². The van der Waals surface area contributed by atoms with Crippen LogP contribution < -0.4 is 4.90 Å². The number of rotatable bonds is 3. The number of carbonyl (C=O) groups excluding carboxylic acids is 1. The highest BCUT2D eigenvalue weighted by Gasteiger charge is 2.26. The smallest absolute Gasteiger partial charge is 0.296 e. The van der Waals surface area contributed by atoms with Crippen molar-refractivity contribution in [1.29, 1.82) is 0 Å². The van der Waals surface area contributed by atoms with Gasteiger partial charge in [-0.15, -0.1) is 0 Å². The number of hydrogen-bond acceptors (Lipinski definition) is 4. The van der Waals surface area contributed by atoms with E-state index in [1.807, 2.05) is 50.2 Å². The maximum Gasteiger partial charge on any atom is 0.296 e. The minimum absolute atomic E-state index is 0.202. The maximum atomic E-state index is 13.1. The van der Waals surface area contributed by atoms with E-state index < -0.39 is 0 Å². The molecule has 1 amide bonds. The number of anilines is 1. The minimum atomic E-state index is -0.202. The van der Waals surface area contributed by atoms with Gasteiger partial charge in [0.15, 0.2) is 16.5 Å². The van der Waals surface area contributed by atoms with Gasteiger partial charge < -0.3 is 4.42 Å². The number of thiazole rings is 1. The monoisotopic (exact) mass is 370 g/mol. The number of nitrogens with zero attached hydrogens (tertiary/aromatic N) is 2. The van der Waals surface area contributed by atoms with Gasteiger partial charge in [0.05, 0.1) is 15.2 Å². The quantitative estimate of drug-likeness (QED) is 0.466. The van der Waals surface area contributed by atoms with E-state index in [-0.39, 0.29) is 5.91 Å². The molecule has 4 aromatic rings. The average molecular weight is 371 g/mol. The number of benzene rings is 2. The van der Waals surface area contributed by atoms with Crippen LogP contribution in [0.5, 0.6) is 0 Å². The van der Waals surface area contributed by atoms with Crippen molar-refractivity contribution in [3.05, 3.63) is 58.8 Å². The van der Waals surface area contributed by atoms with Gasteiger partial charge >= 0.3 is 0 Å². The molecule has 0 aliphatic heterocycles. The second-order valence-electron chi connectivity index (χ2n) is 5.69. The minimum Gasteiger partial charge on any atom is -0.449 e. The van der Waals surface area contributed by atoms with Crippen molar-refractivity contribution < 1.29 is 9.21 Å². The number of aryl methyl sites for hydroxylation is 1. The summed E-state index contributed by atoms with van der Waals surface area (Å²) in [5, 5.41) is 2.03. The van der Waals surface area contributed by atoms with Gasteiger partial charge in [-0.05, 0) is 32.0 Å². The summed E-state index contributed by atoms with van der Waals surface area (Å²) < 4.78 is 6.87. The van der Waals surface area contributed by atoms with Crippen molar-refractivity contribution in [2.24, 2.45) is 0 Å². The SMILES string of the molecule is CCN(C(=O)c1oc2c(Cl)cccc2c1C)c1nc2ccccc2s1. The Hall–Kier alpha value is -2.37. The molecule has 0 atom stereocenters. The Morgan fingerprint density at radius 2 is 2.04 bits per heavy atom. The maximum absolute atomic E-state index is 13.1. The molecule has 0 saturated carbocycles. The predicted molar refractivity (Wildman–Crippen MR) is 103 cm³/mol. The lowest BCUT2D eigenvalue weighted by atomic mass is 10.1. The Morgan fingerprint density at radius 1 is 1.24 bits per heavy atom. The van der Waals surface area contributed by atoms with Crippen LogP contribution in [-0.2, 0) is 0 Å². The van der Waals surface area contributed by atoms with Crippen molar-refractivity contribution in [2.45, 2.75) is 13.8 Å². The number of halogens is 1. The second-order valence-corrected chi connectivity index (χ2v) is 7.10. The van der Waals surface area contributed by atoms with Crippen LogP contribution in [0.25, 0.3) is 21.2 Å². The fourth-order valence-corrected chi connectivity index (χ4v) is 4.12. The number of fused-ring (bicyclic) bond motifs is 2. The molecule has 0 radical (unpaired) electrons. The molecule has 0 unspecified atom stereocenters. The second kappa shape index (κ2) is 6.17. The zero-order valence-electron chi connectivity index (χ0n) is 13.7. The molecule has 2 heterocycles. The topological polar surface area (TPSA) is 46.3 Å². The van der Waals surface area contributed by atoms with Crippen LogP contribution in [0, 0.1) is 6.92 Å². The lowest BCUT2D eigenvalue weighted by Gasteiger charge is -2.16. The first-order valence-corrected chi connectivity index (χ1v) is 9.14. The standard InChI is InChI=1S/C19H15ClN2O2S/c1-3-22(19-21-14-9-4-5-10-15(14)25-19)18(23)16-11(2)12-7-6-8-13(20)17(12)24-16/h4-10H,3H2,1-2H3. The summed E-state index contributed by atoms with van der Waals surface area (Å²) in [5.41, 5.74) is 2.23. The van der Waals surface area contributed by atoms with Crippen molar-refractivity contribution >= 4 is 55.2 Å². The lowest BCUT2D eigenvalue weighted by molar-refractivity contribution is 0.0963. The summed E-state index contributed by atoms with van der Waals surface area (Å²) in [6.45, 7) is 4.30. The van der Waals surface area contributed by atoms with E-state index in [4.69, 9.17) is 16.0 Å². The third-order valence-corrected chi connectivity index (χ3v) is 5.54. The van der Waals surface area contributed by atoms with Gasteiger partial charge in [-0.3, -0.25) is 9.69 Å². The summed E-state index contributed by atoms with van der Waals surface area (Å²) in [5.74, 6) is 0.107. The normalized spacial score (nSPS) is 11.3. The van der Waals surface area contributed by atoms with Gasteiger partial charge in [-0.25, -0.2) is 4.98 Å². The Kier molecular flexibility index (Phi) is 3.98. The molecular weight excluding hydrogens is 356 g/mol. The molecule has 0 bridgehead atoms. The van der Waals surface area contributed by atoms with E-state index in [1.54, 1.807) is 11.0 Å². The number of amides is 1. The van der Waals surface area contributed by atoms with Crippen LogP contribution in [-0.4, -0.2) is 17.4 Å². The first kappa shape index (κ1) is 16.1. The highest BCUT2D eigenvalue weighted by Crippen LogP contribution is 2.34. The third-order valence-electron chi connectivity index (χ3n) is 4.18. The van der Waals surface area contributed by atoms with Gasteiger partial charge in [0.25, 0.3) is 5.91 Å². The summed E-state index contributed by atoms with van der Waals surface area (Å²) in [7, 11) is 0. The highest BCUT2D eigenvalue weighted by atomic mass is 35.5. The van der Waals surface area contributed by atoms with Gasteiger partial charge in [0, 0.05) is 17.5 Å². The Balaban J connectivity index is 1.80. The summed E-state index contributed by atoms with van der Waals surface area (Å²) in [4.78, 5) is 19.3. The molecule has 126 valence electrons. The molecular formula is C19H15ClN2O2S. The molecule has 25 heavy (non-hydrogen) atoms. The van der Waals surface area contributed by atoms with Crippen molar-refractivity contribution in [2.75, 3.05) is 11.4 Å². The van der Waals surface area contributed by atoms with E-state index in [2.05, 4.69) is 4.98 Å². The molecule has 6 heteroatoms. The molecule has 0 fully saturated rings. The molecule has 4 nitrogen and oxygen atoms in total. The zero-order valence-corrected chi connectivity index (χ0v) is 15.3. The fraction of sp³-hybridized carbons (Fsp3) is 0.158. The van der Waals surface area contributed by atoms with Crippen molar-refractivity contribution in [3.8, 4) is 0 Å². The highest BCUT2D eigenvalue weighted by molar-refractivity contribution is 7.22. The van der Waals surface area contributed by atoms with Gasteiger partial charge in [-0.1, -0.05) is 47.2 Å². The number of furan rings is 1. The largest absolute Gasteiger partial charge is 0.449 e. The van der Waals surface area contributed by atoms with E-state index in [9.17, 15) is 4.79 Å². The van der Waals surface area contributed by atoms with Crippen molar-refractivity contribution in [1.82, 2.24) is 4.98 Å². The molecule has 0 aliphatic rings. The first-order chi connectivity index (χ1) is 12.1. The summed E-state index contributed by atoms with van der Waals surface area (Å²) >= 11 is 7.70. The first-order valence-electron chi connectivity index (χ1n) is 7.95. The molecule has 4 rings (SSSR count). The molecule has 0 N–H and O–H groups in total. The van der Waals surface area contributed by atoms with Gasteiger partial charge in [-0.2, -0.15) is 0 Å². The Bertz CT molecular complexity index is 1070. The third kappa shape index (κ3) is 2.60. The zero-order chi connectivity index (χ0) is 17.6. The van der Waals surface area contributed by atoms with E-state index in [1.165, 1.54) is 11.3 Å². The number of aromatic nitrogens is 1. The van der Waals surface area contributed by atoms with Crippen LogP contribution in [0.15, 0.2) is 46.9 Å². The van der Waals surface area contributed by atoms with Gasteiger partial charge in [0.1, 0.15) is 0 Å². The molecule has 0 saturated heterocycles. The lowest BCUT2D eigenvalue weighted by Crippen LogP contribution is -2.30. The van der Waals surface area contributed by atoms with Crippen LogP contribution in [0.3, 0.4) is 0 Å². The van der Waals surface area contributed by atoms with E-state index >= 15 is 0 Å². The van der Waals surface area contributed by atoms with E-state index in [0.717, 1.165) is 21.2 Å². The van der Waals surface area contributed by atoms with Crippen LogP contribution in [0.2, 0.25) is 5.02 Å². The van der Waals surface area contributed by atoms with Crippen LogP contribution >= 0.6 is 22.9 Å². The number of para-hydroxylation sites is 2. The number of carbonyl (C=O) groups is 1. The molecule has 0 aliphatic carbocycles. The number of hydrogen-bond donors (Lipinski definition) is 0. The summed E-state index contributed by atoms with van der Waals surface area (Å²) in [6.07, 6.45) is 0. The molecule has 2 aromatic carbocycles. The van der Waals surface area contributed by atoms with Gasteiger partial charge in [0.2, 0.25) is 0 Å². The molecule has 2 aromatic heterocycles. The Morgan fingerprint density at radius 3 is 2.76 bits per heavy atom.